The monoisotopic (exact) mass is 421 g/mol. The van der Waals surface area contributed by atoms with E-state index in [-0.39, 0.29) is 12.6 Å². The van der Waals surface area contributed by atoms with Crippen LogP contribution < -0.4 is 29.7 Å². The molecule has 2 N–H and O–H groups in total. The lowest BCUT2D eigenvalue weighted by molar-refractivity contribution is 0.251. The van der Waals surface area contributed by atoms with Crippen LogP contribution in [0.5, 0.6) is 17.2 Å². The van der Waals surface area contributed by atoms with Crippen LogP contribution in [0.25, 0.3) is 0 Å². The van der Waals surface area contributed by atoms with Crippen molar-refractivity contribution in [3.05, 3.63) is 72.3 Å². The largest absolute Gasteiger partial charge is 0.493 e. The number of benzene rings is 3. The molecule has 0 saturated heterocycles. The van der Waals surface area contributed by atoms with Gasteiger partial charge in [0.25, 0.3) is 0 Å². The molecule has 0 aliphatic heterocycles. The number of amides is 2. The van der Waals surface area contributed by atoms with E-state index >= 15 is 0 Å². The predicted octanol–water partition coefficient (Wildman–Crippen LogP) is 4.80. The number of para-hydroxylation sites is 3. The van der Waals surface area contributed by atoms with E-state index in [9.17, 15) is 4.79 Å². The molecule has 0 spiro atoms. The van der Waals surface area contributed by atoms with Gasteiger partial charge in [0, 0.05) is 24.8 Å². The topological polar surface area (TPSA) is 72.1 Å². The maximum absolute atomic E-state index is 12.6. The Morgan fingerprint density at radius 2 is 1.52 bits per heavy atom. The Morgan fingerprint density at radius 3 is 2.19 bits per heavy atom. The number of hydrogen-bond acceptors (Lipinski definition) is 5. The molecular formula is C24H27N3O4. The fraction of sp³-hybridized carbons (Fsp3) is 0.208. The molecule has 7 heteroatoms. The van der Waals surface area contributed by atoms with Crippen molar-refractivity contribution in [3.8, 4) is 17.2 Å². The van der Waals surface area contributed by atoms with Crippen molar-refractivity contribution in [1.82, 2.24) is 5.32 Å². The number of ether oxygens (including phenoxy) is 3. The Balaban J connectivity index is 1.73. The quantitative estimate of drug-likeness (QED) is 0.547. The second kappa shape index (κ2) is 10.2. The molecule has 0 radical (unpaired) electrons. The minimum Gasteiger partial charge on any atom is -0.493 e. The summed E-state index contributed by atoms with van der Waals surface area (Å²) in [5.74, 6) is 1.57. The lowest BCUT2D eigenvalue weighted by Gasteiger charge is -2.23. The second-order valence-electron chi connectivity index (χ2n) is 6.71. The zero-order valence-electron chi connectivity index (χ0n) is 18.1. The molecule has 2 amide bonds. The molecule has 0 aliphatic carbocycles. The van der Waals surface area contributed by atoms with Crippen LogP contribution in [0.4, 0.5) is 21.9 Å². The van der Waals surface area contributed by atoms with Gasteiger partial charge in [-0.05, 0) is 36.4 Å². The molecule has 0 fully saturated rings. The first-order valence-electron chi connectivity index (χ1n) is 9.79. The molecule has 0 aromatic heterocycles. The molecule has 0 aliphatic rings. The van der Waals surface area contributed by atoms with Gasteiger partial charge in [0.1, 0.15) is 0 Å². The highest BCUT2D eigenvalue weighted by Gasteiger charge is 2.17. The standard InChI is InChI=1S/C24H27N3O4/c1-27(18-10-6-5-7-11-18)20-13-9-8-12-19(20)26-24(28)25-16-17-14-15-21(29-2)23(31-4)22(17)30-3/h5-15H,16H2,1-4H3,(H2,25,26,28). The molecule has 0 bridgehead atoms. The van der Waals surface area contributed by atoms with Gasteiger partial charge in [-0.1, -0.05) is 30.3 Å². The fourth-order valence-corrected chi connectivity index (χ4v) is 3.31. The molecule has 0 saturated carbocycles. The number of anilines is 3. The summed E-state index contributed by atoms with van der Waals surface area (Å²) in [6.45, 7) is 0.256. The predicted molar refractivity (Wildman–Crippen MR) is 123 cm³/mol. The maximum Gasteiger partial charge on any atom is 0.319 e. The lowest BCUT2D eigenvalue weighted by Crippen LogP contribution is -2.29. The van der Waals surface area contributed by atoms with E-state index in [2.05, 4.69) is 10.6 Å². The molecular weight excluding hydrogens is 394 g/mol. The third kappa shape index (κ3) is 5.01. The van der Waals surface area contributed by atoms with Crippen LogP contribution in [0.15, 0.2) is 66.7 Å². The Hall–Kier alpha value is -3.87. The number of carbonyl (C=O) groups is 1. The number of nitrogens with zero attached hydrogens (tertiary/aromatic N) is 1. The van der Waals surface area contributed by atoms with E-state index in [0.717, 1.165) is 16.9 Å². The highest BCUT2D eigenvalue weighted by molar-refractivity contribution is 5.94. The average Bonchev–Trinajstić information content (AvgIpc) is 2.82. The summed E-state index contributed by atoms with van der Waals surface area (Å²) in [5, 5.41) is 5.80. The van der Waals surface area contributed by atoms with Crippen LogP contribution in [0, 0.1) is 0 Å². The summed E-state index contributed by atoms with van der Waals surface area (Å²) in [6.07, 6.45) is 0. The SMILES string of the molecule is COc1ccc(CNC(=O)Nc2ccccc2N(C)c2ccccc2)c(OC)c1OC. The van der Waals surface area contributed by atoms with Crippen LogP contribution in [0.3, 0.4) is 0 Å². The van der Waals surface area contributed by atoms with Crippen LogP contribution in [-0.4, -0.2) is 34.4 Å². The highest BCUT2D eigenvalue weighted by atomic mass is 16.5. The average molecular weight is 421 g/mol. The number of urea groups is 1. The van der Waals surface area contributed by atoms with E-state index < -0.39 is 0 Å². The Bertz CT molecular complexity index is 1020. The summed E-state index contributed by atoms with van der Waals surface area (Å²) in [4.78, 5) is 14.7. The normalized spacial score (nSPS) is 10.2. The second-order valence-corrected chi connectivity index (χ2v) is 6.71. The van der Waals surface area contributed by atoms with Crippen molar-refractivity contribution in [2.45, 2.75) is 6.54 Å². The first-order chi connectivity index (χ1) is 15.1. The molecule has 162 valence electrons. The third-order valence-corrected chi connectivity index (χ3v) is 4.88. The van der Waals surface area contributed by atoms with Crippen LogP contribution in [0.1, 0.15) is 5.56 Å². The summed E-state index contributed by atoms with van der Waals surface area (Å²) >= 11 is 0. The minimum absolute atomic E-state index is 0.256. The number of nitrogens with one attached hydrogen (secondary N) is 2. The number of hydrogen-bond donors (Lipinski definition) is 2. The Labute approximate surface area is 182 Å². The molecule has 3 aromatic rings. The van der Waals surface area contributed by atoms with E-state index in [1.807, 2.05) is 72.6 Å². The van der Waals surface area contributed by atoms with E-state index in [1.165, 1.54) is 0 Å². The van der Waals surface area contributed by atoms with Crippen LogP contribution in [0.2, 0.25) is 0 Å². The van der Waals surface area contributed by atoms with Gasteiger partial charge in [0.15, 0.2) is 11.5 Å². The van der Waals surface area contributed by atoms with Crippen molar-refractivity contribution in [2.75, 3.05) is 38.6 Å². The molecule has 3 aromatic carbocycles. The third-order valence-electron chi connectivity index (χ3n) is 4.88. The molecule has 0 unspecified atom stereocenters. The summed E-state index contributed by atoms with van der Waals surface area (Å²) in [7, 11) is 6.62. The summed E-state index contributed by atoms with van der Waals surface area (Å²) < 4.78 is 16.2. The molecule has 0 heterocycles. The highest BCUT2D eigenvalue weighted by Crippen LogP contribution is 2.39. The lowest BCUT2D eigenvalue weighted by atomic mass is 10.1. The van der Waals surface area contributed by atoms with Crippen LogP contribution in [-0.2, 0) is 6.54 Å². The van der Waals surface area contributed by atoms with E-state index in [0.29, 0.717) is 22.9 Å². The van der Waals surface area contributed by atoms with Gasteiger partial charge >= 0.3 is 6.03 Å². The van der Waals surface area contributed by atoms with Crippen molar-refractivity contribution in [1.29, 1.82) is 0 Å². The summed E-state index contributed by atoms with van der Waals surface area (Å²) in [5.41, 5.74) is 3.37. The minimum atomic E-state index is -0.328. The molecule has 7 nitrogen and oxygen atoms in total. The van der Waals surface area contributed by atoms with Gasteiger partial charge in [-0.25, -0.2) is 4.79 Å². The molecule has 31 heavy (non-hydrogen) atoms. The number of rotatable bonds is 8. The number of methoxy groups -OCH3 is 3. The van der Waals surface area contributed by atoms with Crippen molar-refractivity contribution >= 4 is 23.1 Å². The molecule has 3 rings (SSSR count). The van der Waals surface area contributed by atoms with Crippen LogP contribution >= 0.6 is 0 Å². The zero-order valence-corrected chi connectivity index (χ0v) is 18.1. The fourth-order valence-electron chi connectivity index (χ4n) is 3.31. The number of carbonyl (C=O) groups excluding carboxylic acids is 1. The van der Waals surface area contributed by atoms with Gasteiger partial charge in [-0.15, -0.1) is 0 Å². The van der Waals surface area contributed by atoms with E-state index in [4.69, 9.17) is 14.2 Å². The van der Waals surface area contributed by atoms with Crippen molar-refractivity contribution < 1.29 is 19.0 Å². The Kier molecular flexibility index (Phi) is 7.22. The van der Waals surface area contributed by atoms with Gasteiger partial charge < -0.3 is 29.7 Å². The van der Waals surface area contributed by atoms with Crippen molar-refractivity contribution in [3.63, 3.8) is 0 Å². The first kappa shape index (κ1) is 21.8. The Morgan fingerprint density at radius 1 is 0.839 bits per heavy atom. The smallest absolute Gasteiger partial charge is 0.319 e. The zero-order chi connectivity index (χ0) is 22.2. The first-order valence-corrected chi connectivity index (χ1v) is 9.79. The van der Waals surface area contributed by atoms with Gasteiger partial charge in [0.2, 0.25) is 5.75 Å². The maximum atomic E-state index is 12.6. The molecule has 0 atom stereocenters. The van der Waals surface area contributed by atoms with Gasteiger partial charge in [-0.2, -0.15) is 0 Å². The van der Waals surface area contributed by atoms with Crippen molar-refractivity contribution in [2.24, 2.45) is 0 Å². The summed E-state index contributed by atoms with van der Waals surface area (Å²) in [6, 6.07) is 20.9. The van der Waals surface area contributed by atoms with Gasteiger partial charge in [0.05, 0.1) is 32.7 Å². The van der Waals surface area contributed by atoms with E-state index in [1.54, 1.807) is 27.4 Å². The van der Waals surface area contributed by atoms with Gasteiger partial charge in [-0.3, -0.25) is 0 Å².